The van der Waals surface area contributed by atoms with Gasteiger partial charge < -0.3 is 14.1 Å². The van der Waals surface area contributed by atoms with Crippen molar-refractivity contribution in [2.24, 2.45) is 0 Å². The number of carbonyl (C=O) groups is 1. The van der Waals surface area contributed by atoms with E-state index in [0.717, 1.165) is 16.9 Å². The van der Waals surface area contributed by atoms with Gasteiger partial charge in [-0.2, -0.15) is 0 Å². The largest absolute Gasteiger partial charge is 0.492 e. The van der Waals surface area contributed by atoms with Crippen LogP contribution >= 0.6 is 0 Å². The van der Waals surface area contributed by atoms with E-state index in [9.17, 15) is 9.59 Å². The molecule has 0 radical (unpaired) electrons. The molecule has 0 N–H and O–H groups in total. The summed E-state index contributed by atoms with van der Waals surface area (Å²) < 4.78 is 11.3. The third kappa shape index (κ3) is 3.94. The molecule has 0 saturated heterocycles. The van der Waals surface area contributed by atoms with Gasteiger partial charge in [-0.15, -0.1) is 0 Å². The van der Waals surface area contributed by atoms with Crippen molar-refractivity contribution in [3.05, 3.63) is 75.6 Å². The third-order valence-corrected chi connectivity index (χ3v) is 4.08. The first-order valence-electron chi connectivity index (χ1n) is 8.43. The first-order valence-corrected chi connectivity index (χ1v) is 8.43. The average Bonchev–Trinajstić information content (AvgIpc) is 2.60. The van der Waals surface area contributed by atoms with Gasteiger partial charge in [0.15, 0.2) is 11.2 Å². The highest BCUT2D eigenvalue weighted by Crippen LogP contribution is 2.16. The number of aryl methyl sites for hydroxylation is 2. The number of rotatable bonds is 5. The summed E-state index contributed by atoms with van der Waals surface area (Å²) in [6.45, 7) is 4.75. The lowest BCUT2D eigenvalue weighted by molar-refractivity contribution is 0.0743. The molecule has 1 aromatic heterocycles. The fourth-order valence-corrected chi connectivity index (χ4v) is 2.82. The van der Waals surface area contributed by atoms with Crippen molar-refractivity contribution in [3.8, 4) is 5.75 Å². The summed E-state index contributed by atoms with van der Waals surface area (Å²) in [4.78, 5) is 26.1. The monoisotopic (exact) mass is 351 g/mol. The number of likely N-dealkylation sites (N-methyl/N-ethyl adjacent to an activating group) is 1. The summed E-state index contributed by atoms with van der Waals surface area (Å²) in [5.41, 5.74) is 2.43. The second-order valence-corrected chi connectivity index (χ2v) is 6.37. The molecule has 5 heteroatoms. The molecule has 0 spiro atoms. The zero-order chi connectivity index (χ0) is 18.7. The van der Waals surface area contributed by atoms with E-state index in [2.05, 4.69) is 6.07 Å². The molecule has 0 atom stereocenters. The topological polar surface area (TPSA) is 59.8 Å². The first-order chi connectivity index (χ1) is 12.4. The SMILES string of the molecule is Cc1cc(C)cc(OCCN(C)C(=O)c2cc(=O)c3ccccc3o2)c1. The smallest absolute Gasteiger partial charge is 0.289 e. The van der Waals surface area contributed by atoms with Crippen LogP contribution in [-0.2, 0) is 0 Å². The number of ether oxygens (including phenoxy) is 1. The summed E-state index contributed by atoms with van der Waals surface area (Å²) in [5, 5.41) is 0.463. The molecule has 3 rings (SSSR count). The average molecular weight is 351 g/mol. The number of nitrogens with zero attached hydrogens (tertiary/aromatic N) is 1. The molecule has 2 aromatic carbocycles. The molecule has 0 aliphatic heterocycles. The van der Waals surface area contributed by atoms with Crippen LogP contribution in [-0.4, -0.2) is 31.0 Å². The van der Waals surface area contributed by atoms with E-state index in [1.165, 1.54) is 11.0 Å². The Balaban J connectivity index is 1.67. The fourth-order valence-electron chi connectivity index (χ4n) is 2.82. The molecule has 0 bridgehead atoms. The van der Waals surface area contributed by atoms with Gasteiger partial charge in [0.05, 0.1) is 11.9 Å². The van der Waals surface area contributed by atoms with Crippen molar-refractivity contribution >= 4 is 16.9 Å². The van der Waals surface area contributed by atoms with E-state index in [-0.39, 0.29) is 17.1 Å². The minimum atomic E-state index is -0.350. The summed E-state index contributed by atoms with van der Waals surface area (Å²) in [6, 6.07) is 14.1. The van der Waals surface area contributed by atoms with Crippen molar-refractivity contribution < 1.29 is 13.9 Å². The molecule has 0 saturated carbocycles. The Morgan fingerprint density at radius 2 is 1.77 bits per heavy atom. The number of carbonyl (C=O) groups excluding carboxylic acids is 1. The van der Waals surface area contributed by atoms with Crippen LogP contribution in [0.4, 0.5) is 0 Å². The van der Waals surface area contributed by atoms with Crippen molar-refractivity contribution in [1.29, 1.82) is 0 Å². The lowest BCUT2D eigenvalue weighted by Gasteiger charge is -2.17. The second-order valence-electron chi connectivity index (χ2n) is 6.37. The van der Waals surface area contributed by atoms with Crippen LogP contribution in [0.25, 0.3) is 11.0 Å². The van der Waals surface area contributed by atoms with Gasteiger partial charge in [0.25, 0.3) is 5.91 Å². The number of para-hydroxylation sites is 1. The van der Waals surface area contributed by atoms with Crippen LogP contribution < -0.4 is 10.2 Å². The standard InChI is InChI=1S/C21H21NO4/c1-14-10-15(2)12-16(11-14)25-9-8-22(3)21(24)20-13-18(23)17-6-4-5-7-19(17)26-20/h4-7,10-13H,8-9H2,1-3H3. The van der Waals surface area contributed by atoms with Crippen LogP contribution in [0.5, 0.6) is 5.75 Å². The quantitative estimate of drug-likeness (QED) is 0.705. The van der Waals surface area contributed by atoms with Gasteiger partial charge in [-0.3, -0.25) is 9.59 Å². The van der Waals surface area contributed by atoms with E-state index < -0.39 is 0 Å². The van der Waals surface area contributed by atoms with Gasteiger partial charge in [0.2, 0.25) is 0 Å². The highest BCUT2D eigenvalue weighted by Gasteiger charge is 2.16. The Labute approximate surface area is 151 Å². The van der Waals surface area contributed by atoms with Crippen LogP contribution in [0.15, 0.2) is 57.7 Å². The molecule has 1 heterocycles. The molecule has 0 aliphatic carbocycles. The van der Waals surface area contributed by atoms with Crippen LogP contribution in [0, 0.1) is 13.8 Å². The zero-order valence-corrected chi connectivity index (χ0v) is 15.1. The van der Waals surface area contributed by atoms with Gasteiger partial charge in [-0.05, 0) is 49.2 Å². The van der Waals surface area contributed by atoms with E-state index in [1.54, 1.807) is 31.3 Å². The van der Waals surface area contributed by atoms with Gasteiger partial charge in [-0.1, -0.05) is 18.2 Å². The predicted molar refractivity (Wildman–Crippen MR) is 101 cm³/mol. The van der Waals surface area contributed by atoms with Gasteiger partial charge >= 0.3 is 0 Å². The summed E-state index contributed by atoms with van der Waals surface area (Å²) >= 11 is 0. The van der Waals surface area contributed by atoms with Crippen molar-refractivity contribution in [2.75, 3.05) is 20.2 Å². The van der Waals surface area contributed by atoms with E-state index in [0.29, 0.717) is 24.1 Å². The van der Waals surface area contributed by atoms with Crippen molar-refractivity contribution in [3.63, 3.8) is 0 Å². The molecule has 26 heavy (non-hydrogen) atoms. The minimum Gasteiger partial charge on any atom is -0.492 e. The lowest BCUT2D eigenvalue weighted by Crippen LogP contribution is -2.31. The molecule has 134 valence electrons. The fraction of sp³-hybridized carbons (Fsp3) is 0.238. The lowest BCUT2D eigenvalue weighted by atomic mass is 10.1. The number of fused-ring (bicyclic) bond motifs is 1. The molecule has 1 amide bonds. The maximum absolute atomic E-state index is 12.5. The molecule has 0 aliphatic rings. The normalized spacial score (nSPS) is 10.7. The summed E-state index contributed by atoms with van der Waals surface area (Å²) in [7, 11) is 1.66. The molecule has 0 unspecified atom stereocenters. The Bertz CT molecular complexity index is 986. The maximum atomic E-state index is 12.5. The van der Waals surface area contributed by atoms with E-state index in [1.807, 2.05) is 26.0 Å². The summed E-state index contributed by atoms with van der Waals surface area (Å²) in [6.07, 6.45) is 0. The van der Waals surface area contributed by atoms with E-state index in [4.69, 9.17) is 9.15 Å². The Kier molecular flexibility index (Phi) is 5.07. The molecular formula is C21H21NO4. The number of amides is 1. The molecule has 0 fully saturated rings. The maximum Gasteiger partial charge on any atom is 0.289 e. The van der Waals surface area contributed by atoms with E-state index >= 15 is 0 Å². The van der Waals surface area contributed by atoms with Gasteiger partial charge in [0.1, 0.15) is 17.9 Å². The number of hydrogen-bond acceptors (Lipinski definition) is 4. The minimum absolute atomic E-state index is 0.0302. The van der Waals surface area contributed by atoms with Crippen LogP contribution in [0.1, 0.15) is 21.7 Å². The predicted octanol–water partition coefficient (Wildman–Crippen LogP) is 3.56. The summed E-state index contributed by atoms with van der Waals surface area (Å²) in [5.74, 6) is 0.458. The Morgan fingerprint density at radius 1 is 1.08 bits per heavy atom. The molecular weight excluding hydrogens is 330 g/mol. The van der Waals surface area contributed by atoms with Crippen molar-refractivity contribution in [2.45, 2.75) is 13.8 Å². The van der Waals surface area contributed by atoms with Gasteiger partial charge in [0, 0.05) is 13.1 Å². The highest BCUT2D eigenvalue weighted by molar-refractivity contribution is 5.93. The molecule has 5 nitrogen and oxygen atoms in total. The molecule has 3 aromatic rings. The van der Waals surface area contributed by atoms with Crippen LogP contribution in [0.3, 0.4) is 0 Å². The van der Waals surface area contributed by atoms with Gasteiger partial charge in [-0.25, -0.2) is 0 Å². The second kappa shape index (κ2) is 7.44. The first kappa shape index (κ1) is 17.7. The zero-order valence-electron chi connectivity index (χ0n) is 15.1. The van der Waals surface area contributed by atoms with Crippen LogP contribution in [0.2, 0.25) is 0 Å². The Hall–Kier alpha value is -3.08. The highest BCUT2D eigenvalue weighted by atomic mass is 16.5. The number of hydrogen-bond donors (Lipinski definition) is 0. The van der Waals surface area contributed by atoms with Crippen molar-refractivity contribution in [1.82, 2.24) is 4.90 Å². The number of benzene rings is 2. The third-order valence-electron chi connectivity index (χ3n) is 4.08. The Morgan fingerprint density at radius 3 is 2.50 bits per heavy atom.